The quantitative estimate of drug-likeness (QED) is 0.360. The molecule has 0 aliphatic rings. The maximum atomic E-state index is 9.63. The minimum absolute atomic E-state index is 0. The van der Waals surface area contributed by atoms with Gasteiger partial charge in [0.2, 0.25) is 0 Å². The molecular formula is C2H7NaO4S. The molecule has 0 spiro atoms. The summed E-state index contributed by atoms with van der Waals surface area (Å²) >= 11 is 0. The van der Waals surface area contributed by atoms with Crippen molar-refractivity contribution in [3.8, 4) is 0 Å². The summed E-state index contributed by atoms with van der Waals surface area (Å²) in [5, 5.41) is 7.86. The van der Waals surface area contributed by atoms with Gasteiger partial charge in [0.1, 0.15) is 0 Å². The minimum atomic E-state index is -3.92. The molecule has 0 unspecified atom stereocenters. The second-order valence-electron chi connectivity index (χ2n) is 1.01. The van der Waals surface area contributed by atoms with Gasteiger partial charge in [0.05, 0.1) is 12.4 Å². The van der Waals surface area contributed by atoms with E-state index in [4.69, 9.17) is 9.66 Å². The van der Waals surface area contributed by atoms with Gasteiger partial charge in [-0.1, -0.05) is 0 Å². The Morgan fingerprint density at radius 1 is 1.38 bits per heavy atom. The molecule has 0 saturated carbocycles. The molecule has 0 heterocycles. The summed E-state index contributed by atoms with van der Waals surface area (Å²) in [7, 11) is -3.92. The zero-order valence-electron chi connectivity index (χ0n) is 3.53. The first-order valence-electron chi connectivity index (χ1n) is 1.62. The van der Waals surface area contributed by atoms with Gasteiger partial charge in [-0.3, -0.25) is 4.55 Å². The first-order chi connectivity index (χ1) is 3.06. The zero-order valence-corrected chi connectivity index (χ0v) is 4.35. The third-order valence-corrected chi connectivity index (χ3v) is 1.05. The summed E-state index contributed by atoms with van der Waals surface area (Å²) in [5.74, 6) is -0.576. The number of rotatable bonds is 2. The average molecular weight is 150 g/mol. The summed E-state index contributed by atoms with van der Waals surface area (Å²) in [5.41, 5.74) is 0. The predicted molar refractivity (Wildman–Crippen MR) is 30.7 cm³/mol. The summed E-state index contributed by atoms with van der Waals surface area (Å²) in [6, 6.07) is 0. The van der Waals surface area contributed by atoms with Gasteiger partial charge in [0.25, 0.3) is 10.1 Å². The number of aliphatic hydroxyl groups excluding tert-OH is 1. The molecule has 2 N–H and O–H groups in total. The van der Waals surface area contributed by atoms with Crippen LogP contribution in [0.3, 0.4) is 0 Å². The van der Waals surface area contributed by atoms with Gasteiger partial charge < -0.3 is 5.11 Å². The molecule has 0 aromatic carbocycles. The maximum absolute atomic E-state index is 9.63. The van der Waals surface area contributed by atoms with E-state index in [2.05, 4.69) is 0 Å². The van der Waals surface area contributed by atoms with Crippen LogP contribution in [-0.4, -0.2) is 60.0 Å². The Hall–Kier alpha value is 0.870. The van der Waals surface area contributed by atoms with Crippen molar-refractivity contribution >= 4 is 39.7 Å². The average Bonchev–Trinajstić information content (AvgIpc) is 1.30. The zero-order chi connectivity index (χ0) is 5.91. The molecule has 8 heavy (non-hydrogen) atoms. The molecule has 0 saturated heterocycles. The van der Waals surface area contributed by atoms with Crippen LogP contribution in [0.25, 0.3) is 0 Å². The van der Waals surface area contributed by atoms with Gasteiger partial charge in [-0.05, 0) is 0 Å². The molecule has 0 rings (SSSR count). The second-order valence-corrected chi connectivity index (χ2v) is 2.58. The van der Waals surface area contributed by atoms with Crippen LogP contribution in [0.15, 0.2) is 0 Å². The molecule has 0 aromatic heterocycles. The summed E-state index contributed by atoms with van der Waals surface area (Å²) in [4.78, 5) is 0. The van der Waals surface area contributed by atoms with Gasteiger partial charge in [0.15, 0.2) is 0 Å². The van der Waals surface area contributed by atoms with Crippen LogP contribution >= 0.6 is 0 Å². The predicted octanol–water partition coefficient (Wildman–Crippen LogP) is -1.78. The van der Waals surface area contributed by atoms with Crippen LogP contribution in [0.4, 0.5) is 0 Å². The van der Waals surface area contributed by atoms with Crippen molar-refractivity contribution in [2.45, 2.75) is 0 Å². The summed E-state index contributed by atoms with van der Waals surface area (Å²) < 4.78 is 27.1. The number of hydrogen-bond donors (Lipinski definition) is 2. The molecule has 0 aliphatic carbocycles. The van der Waals surface area contributed by atoms with E-state index in [1.54, 1.807) is 0 Å². The molecule has 0 bridgehead atoms. The topological polar surface area (TPSA) is 74.6 Å². The molecule has 6 heteroatoms. The van der Waals surface area contributed by atoms with Crippen molar-refractivity contribution in [2.24, 2.45) is 0 Å². The molecule has 0 radical (unpaired) electrons. The molecule has 4 nitrogen and oxygen atoms in total. The molecule has 0 fully saturated rings. The third kappa shape index (κ3) is 9.98. The van der Waals surface area contributed by atoms with Crippen molar-refractivity contribution in [2.75, 3.05) is 12.4 Å². The van der Waals surface area contributed by atoms with Crippen LogP contribution in [0.5, 0.6) is 0 Å². The molecule has 46 valence electrons. The van der Waals surface area contributed by atoms with Crippen LogP contribution < -0.4 is 0 Å². The first-order valence-corrected chi connectivity index (χ1v) is 3.23. The monoisotopic (exact) mass is 150 g/mol. The van der Waals surface area contributed by atoms with Crippen molar-refractivity contribution in [1.82, 2.24) is 0 Å². The SMILES string of the molecule is O=S(=O)(O)CCO.[NaH]. The van der Waals surface area contributed by atoms with E-state index in [0.717, 1.165) is 0 Å². The Labute approximate surface area is 69.9 Å². The summed E-state index contributed by atoms with van der Waals surface area (Å²) in [6.45, 7) is -0.529. The first kappa shape index (κ1) is 11.6. The summed E-state index contributed by atoms with van der Waals surface area (Å²) in [6.07, 6.45) is 0. The standard InChI is InChI=1S/C2H6O4S.Na.H/c3-1-2-7(4,5)6;;/h3H,1-2H2,(H,4,5,6);;. The van der Waals surface area contributed by atoms with Crippen molar-refractivity contribution < 1.29 is 18.1 Å². The van der Waals surface area contributed by atoms with Crippen molar-refractivity contribution in [3.05, 3.63) is 0 Å². The Balaban J connectivity index is 0. The van der Waals surface area contributed by atoms with Gasteiger partial charge in [-0.25, -0.2) is 0 Å². The number of aliphatic hydroxyl groups is 1. The third-order valence-electron chi connectivity index (χ3n) is 0.349. The fourth-order valence-electron chi connectivity index (χ4n) is 0.115. The van der Waals surface area contributed by atoms with E-state index in [-0.39, 0.29) is 29.6 Å². The van der Waals surface area contributed by atoms with E-state index < -0.39 is 22.5 Å². The van der Waals surface area contributed by atoms with E-state index in [1.165, 1.54) is 0 Å². The van der Waals surface area contributed by atoms with Crippen LogP contribution in [0, 0.1) is 0 Å². The molecule has 0 aliphatic heterocycles. The molecule has 0 aromatic rings. The van der Waals surface area contributed by atoms with Crippen molar-refractivity contribution in [3.63, 3.8) is 0 Å². The van der Waals surface area contributed by atoms with Gasteiger partial charge in [-0.15, -0.1) is 0 Å². The van der Waals surface area contributed by atoms with Gasteiger partial charge >= 0.3 is 29.6 Å². The Bertz CT molecular complexity index is 127. The fraction of sp³-hybridized carbons (Fsp3) is 1.00. The Morgan fingerprint density at radius 2 is 1.75 bits per heavy atom. The van der Waals surface area contributed by atoms with Crippen LogP contribution in [0.1, 0.15) is 0 Å². The fourth-order valence-corrected chi connectivity index (χ4v) is 0.346. The van der Waals surface area contributed by atoms with Crippen LogP contribution in [-0.2, 0) is 10.1 Å². The van der Waals surface area contributed by atoms with Gasteiger partial charge in [0, 0.05) is 0 Å². The van der Waals surface area contributed by atoms with E-state index in [9.17, 15) is 8.42 Å². The van der Waals surface area contributed by atoms with Crippen LogP contribution in [0.2, 0.25) is 0 Å². The molecular weight excluding hydrogens is 143 g/mol. The van der Waals surface area contributed by atoms with E-state index >= 15 is 0 Å². The second kappa shape index (κ2) is 4.72. The number of hydrogen-bond acceptors (Lipinski definition) is 3. The normalized spacial score (nSPS) is 10.2. The van der Waals surface area contributed by atoms with Gasteiger partial charge in [-0.2, -0.15) is 8.42 Å². The van der Waals surface area contributed by atoms with E-state index in [0.29, 0.717) is 0 Å². The Morgan fingerprint density at radius 3 is 1.75 bits per heavy atom. The molecule has 0 amide bonds. The molecule has 0 atom stereocenters. The van der Waals surface area contributed by atoms with E-state index in [1.807, 2.05) is 0 Å². The van der Waals surface area contributed by atoms with Crippen molar-refractivity contribution in [1.29, 1.82) is 0 Å². The Kier molecular flexibility index (Phi) is 6.87.